The number of rotatable bonds is 7. The summed E-state index contributed by atoms with van der Waals surface area (Å²) in [6, 6.07) is 0. The zero-order valence-corrected chi connectivity index (χ0v) is 10.9. The highest BCUT2D eigenvalue weighted by Gasteiger charge is 2.12. The third-order valence-corrected chi connectivity index (χ3v) is 2.68. The third-order valence-electron chi connectivity index (χ3n) is 2.68. The van der Waals surface area contributed by atoms with Gasteiger partial charge in [0.15, 0.2) is 0 Å². The molecule has 0 aromatic carbocycles. The second kappa shape index (κ2) is 7.06. The smallest absolute Gasteiger partial charge is 0.222 e. The maximum Gasteiger partial charge on any atom is 0.222 e. The van der Waals surface area contributed by atoms with E-state index in [1.54, 1.807) is 4.68 Å². The first-order valence-corrected chi connectivity index (χ1v) is 6.07. The highest BCUT2D eigenvalue weighted by atomic mass is 16.2. The van der Waals surface area contributed by atoms with E-state index in [1.807, 2.05) is 38.3 Å². The largest absolute Gasteiger partial charge is 0.339 e. The van der Waals surface area contributed by atoms with Crippen molar-refractivity contribution in [2.75, 3.05) is 20.1 Å². The standard InChI is InChI=1S/C12H22N4O/c1-4-16(12(17)6-5-7-13-2)10-11-8-14-15(3)9-11/h8-9,13H,4-7,10H2,1-3H3. The molecule has 17 heavy (non-hydrogen) atoms. The Kier molecular flexibility index (Phi) is 5.69. The molecule has 5 nitrogen and oxygen atoms in total. The van der Waals surface area contributed by atoms with Crippen LogP contribution in [-0.2, 0) is 18.4 Å². The van der Waals surface area contributed by atoms with E-state index in [9.17, 15) is 4.79 Å². The molecular weight excluding hydrogens is 216 g/mol. The average molecular weight is 238 g/mol. The van der Waals surface area contributed by atoms with Gasteiger partial charge in [0.2, 0.25) is 5.91 Å². The van der Waals surface area contributed by atoms with Gasteiger partial charge in [-0.2, -0.15) is 5.10 Å². The Labute approximate surface area is 103 Å². The van der Waals surface area contributed by atoms with Crippen LogP contribution in [0.3, 0.4) is 0 Å². The lowest BCUT2D eigenvalue weighted by Gasteiger charge is -2.20. The molecule has 5 heteroatoms. The quantitative estimate of drug-likeness (QED) is 0.714. The number of hydrogen-bond acceptors (Lipinski definition) is 3. The highest BCUT2D eigenvalue weighted by molar-refractivity contribution is 5.76. The average Bonchev–Trinajstić information content (AvgIpc) is 2.72. The van der Waals surface area contributed by atoms with E-state index in [0.29, 0.717) is 13.0 Å². The normalized spacial score (nSPS) is 10.5. The molecule has 0 radical (unpaired) electrons. The lowest BCUT2D eigenvalue weighted by molar-refractivity contribution is -0.131. The van der Waals surface area contributed by atoms with Gasteiger partial charge in [-0.1, -0.05) is 0 Å². The van der Waals surface area contributed by atoms with Crippen LogP contribution < -0.4 is 5.32 Å². The van der Waals surface area contributed by atoms with Crippen molar-refractivity contribution in [2.24, 2.45) is 7.05 Å². The summed E-state index contributed by atoms with van der Waals surface area (Å²) < 4.78 is 1.76. The van der Waals surface area contributed by atoms with E-state index in [0.717, 1.165) is 25.1 Å². The van der Waals surface area contributed by atoms with Crippen LogP contribution in [0.1, 0.15) is 25.3 Å². The summed E-state index contributed by atoms with van der Waals surface area (Å²) >= 11 is 0. The molecule has 96 valence electrons. The van der Waals surface area contributed by atoms with Gasteiger partial charge in [-0.25, -0.2) is 0 Å². The van der Waals surface area contributed by atoms with E-state index in [4.69, 9.17) is 0 Å². The minimum Gasteiger partial charge on any atom is -0.339 e. The van der Waals surface area contributed by atoms with Crippen molar-refractivity contribution in [2.45, 2.75) is 26.3 Å². The Balaban J connectivity index is 2.44. The maximum absolute atomic E-state index is 11.9. The van der Waals surface area contributed by atoms with Crippen molar-refractivity contribution < 1.29 is 4.79 Å². The summed E-state index contributed by atoms with van der Waals surface area (Å²) in [4.78, 5) is 13.8. The molecule has 0 saturated heterocycles. The predicted molar refractivity (Wildman–Crippen MR) is 67.5 cm³/mol. The first-order chi connectivity index (χ1) is 8.17. The van der Waals surface area contributed by atoms with Gasteiger partial charge in [-0.05, 0) is 26.9 Å². The Morgan fingerprint density at radius 3 is 2.88 bits per heavy atom. The van der Waals surface area contributed by atoms with Crippen LogP contribution >= 0.6 is 0 Å². The summed E-state index contributed by atoms with van der Waals surface area (Å²) in [6.45, 7) is 4.29. The van der Waals surface area contributed by atoms with E-state index in [2.05, 4.69) is 10.4 Å². The zero-order valence-electron chi connectivity index (χ0n) is 10.9. The summed E-state index contributed by atoms with van der Waals surface area (Å²) in [5.74, 6) is 0.214. The molecular formula is C12H22N4O. The number of amides is 1. The van der Waals surface area contributed by atoms with Crippen molar-refractivity contribution in [3.63, 3.8) is 0 Å². The Morgan fingerprint density at radius 2 is 2.35 bits per heavy atom. The number of carbonyl (C=O) groups is 1. The highest BCUT2D eigenvalue weighted by Crippen LogP contribution is 2.05. The maximum atomic E-state index is 11.9. The van der Waals surface area contributed by atoms with Gasteiger partial charge in [0.1, 0.15) is 0 Å². The van der Waals surface area contributed by atoms with Crippen LogP contribution in [0.25, 0.3) is 0 Å². The van der Waals surface area contributed by atoms with E-state index in [-0.39, 0.29) is 5.91 Å². The van der Waals surface area contributed by atoms with Crippen LogP contribution in [-0.4, -0.2) is 40.7 Å². The van der Waals surface area contributed by atoms with Gasteiger partial charge in [-0.15, -0.1) is 0 Å². The summed E-state index contributed by atoms with van der Waals surface area (Å²) in [5.41, 5.74) is 1.08. The predicted octanol–water partition coefficient (Wildman–Crippen LogP) is 0.768. The second-order valence-corrected chi connectivity index (χ2v) is 4.14. The SMILES string of the molecule is CCN(Cc1cnn(C)c1)C(=O)CCCNC. The molecule has 0 aliphatic rings. The Morgan fingerprint density at radius 1 is 1.59 bits per heavy atom. The van der Waals surface area contributed by atoms with Crippen molar-refractivity contribution >= 4 is 5.91 Å². The fourth-order valence-corrected chi connectivity index (χ4v) is 1.72. The number of aromatic nitrogens is 2. The molecule has 0 saturated carbocycles. The van der Waals surface area contributed by atoms with E-state index >= 15 is 0 Å². The molecule has 1 rings (SSSR count). The van der Waals surface area contributed by atoms with Crippen LogP contribution in [0.4, 0.5) is 0 Å². The van der Waals surface area contributed by atoms with Crippen LogP contribution in [0.5, 0.6) is 0 Å². The molecule has 1 N–H and O–H groups in total. The van der Waals surface area contributed by atoms with Gasteiger partial charge in [0, 0.05) is 38.3 Å². The number of nitrogens with one attached hydrogen (secondary N) is 1. The molecule has 0 aliphatic carbocycles. The minimum atomic E-state index is 0.214. The summed E-state index contributed by atoms with van der Waals surface area (Å²) in [7, 11) is 3.78. The summed E-state index contributed by atoms with van der Waals surface area (Å²) in [6.07, 6.45) is 5.25. The number of carbonyl (C=O) groups excluding carboxylic acids is 1. The monoisotopic (exact) mass is 238 g/mol. The van der Waals surface area contributed by atoms with E-state index < -0.39 is 0 Å². The molecule has 1 aromatic rings. The first-order valence-electron chi connectivity index (χ1n) is 6.07. The van der Waals surface area contributed by atoms with Crippen molar-refractivity contribution in [1.29, 1.82) is 0 Å². The van der Waals surface area contributed by atoms with Crippen LogP contribution in [0.15, 0.2) is 12.4 Å². The van der Waals surface area contributed by atoms with E-state index in [1.165, 1.54) is 0 Å². The molecule has 0 spiro atoms. The lowest BCUT2D eigenvalue weighted by atomic mass is 10.2. The Hall–Kier alpha value is -1.36. The molecule has 0 aliphatic heterocycles. The molecule has 1 heterocycles. The van der Waals surface area contributed by atoms with Crippen molar-refractivity contribution in [3.05, 3.63) is 18.0 Å². The zero-order chi connectivity index (χ0) is 12.7. The van der Waals surface area contributed by atoms with Crippen molar-refractivity contribution in [1.82, 2.24) is 20.0 Å². The lowest BCUT2D eigenvalue weighted by Crippen LogP contribution is -2.30. The first kappa shape index (κ1) is 13.7. The van der Waals surface area contributed by atoms with Crippen LogP contribution in [0.2, 0.25) is 0 Å². The molecule has 0 bridgehead atoms. The molecule has 0 atom stereocenters. The molecule has 1 aromatic heterocycles. The number of hydrogen-bond donors (Lipinski definition) is 1. The molecule has 1 amide bonds. The van der Waals surface area contributed by atoms with Gasteiger partial charge in [0.05, 0.1) is 6.20 Å². The topological polar surface area (TPSA) is 50.2 Å². The summed E-state index contributed by atoms with van der Waals surface area (Å²) in [5, 5.41) is 7.16. The van der Waals surface area contributed by atoms with Crippen LogP contribution in [0, 0.1) is 0 Å². The van der Waals surface area contributed by atoms with Gasteiger partial charge < -0.3 is 10.2 Å². The Bertz CT molecular complexity index is 348. The number of nitrogens with zero attached hydrogens (tertiary/aromatic N) is 3. The fraction of sp³-hybridized carbons (Fsp3) is 0.667. The minimum absolute atomic E-state index is 0.214. The second-order valence-electron chi connectivity index (χ2n) is 4.14. The molecule has 0 unspecified atom stereocenters. The number of aryl methyl sites for hydroxylation is 1. The van der Waals surface area contributed by atoms with Gasteiger partial charge >= 0.3 is 0 Å². The third kappa shape index (κ3) is 4.56. The fourth-order valence-electron chi connectivity index (χ4n) is 1.72. The van der Waals surface area contributed by atoms with Gasteiger partial charge in [-0.3, -0.25) is 9.48 Å². The van der Waals surface area contributed by atoms with Crippen molar-refractivity contribution in [3.8, 4) is 0 Å². The van der Waals surface area contributed by atoms with Gasteiger partial charge in [0.25, 0.3) is 0 Å². The molecule has 0 fully saturated rings.